The Morgan fingerprint density at radius 3 is 2.24 bits per heavy atom. The molecule has 1 aromatic rings. The zero-order chi connectivity index (χ0) is 15.6. The molecule has 1 saturated carbocycles. The van der Waals surface area contributed by atoms with E-state index in [2.05, 4.69) is 4.74 Å². The molecule has 1 fully saturated rings. The van der Waals surface area contributed by atoms with Crippen LogP contribution in [0.1, 0.15) is 36.5 Å². The highest BCUT2D eigenvalue weighted by Crippen LogP contribution is 2.48. The van der Waals surface area contributed by atoms with Crippen LogP contribution in [-0.2, 0) is 19.7 Å². The van der Waals surface area contributed by atoms with Crippen molar-refractivity contribution in [1.82, 2.24) is 0 Å². The molecule has 0 bridgehead atoms. The van der Waals surface area contributed by atoms with Gasteiger partial charge in [0.05, 0.1) is 25.0 Å². The summed E-state index contributed by atoms with van der Waals surface area (Å²) in [4.78, 5) is 22.3. The van der Waals surface area contributed by atoms with Crippen LogP contribution in [0.25, 0.3) is 0 Å². The molecule has 21 heavy (non-hydrogen) atoms. The van der Waals surface area contributed by atoms with Crippen LogP contribution in [0, 0.1) is 0 Å². The number of aliphatic hydroxyl groups is 2. The minimum Gasteiger partial charge on any atom is -0.481 e. The second-order valence-corrected chi connectivity index (χ2v) is 5.30. The minimum atomic E-state index is -1.27. The van der Waals surface area contributed by atoms with Gasteiger partial charge >= 0.3 is 11.9 Å². The van der Waals surface area contributed by atoms with E-state index in [4.69, 9.17) is 0 Å². The van der Waals surface area contributed by atoms with Crippen LogP contribution in [0.4, 0.5) is 0 Å². The van der Waals surface area contributed by atoms with Gasteiger partial charge in [0.15, 0.2) is 0 Å². The summed E-state index contributed by atoms with van der Waals surface area (Å²) in [5.74, 6) is -1.46. The molecule has 2 unspecified atom stereocenters. The lowest BCUT2D eigenvalue weighted by molar-refractivity contribution is -0.145. The number of carboxylic acid groups (broad SMARTS) is 1. The van der Waals surface area contributed by atoms with Crippen LogP contribution < -0.4 is 0 Å². The summed E-state index contributed by atoms with van der Waals surface area (Å²) < 4.78 is 4.43. The fourth-order valence-electron chi connectivity index (χ4n) is 2.34. The molecule has 0 spiro atoms. The van der Waals surface area contributed by atoms with Gasteiger partial charge in [-0.2, -0.15) is 0 Å². The molecule has 2 atom stereocenters. The third-order valence-electron chi connectivity index (χ3n) is 3.93. The Morgan fingerprint density at radius 2 is 1.81 bits per heavy atom. The topological polar surface area (TPSA) is 104 Å². The van der Waals surface area contributed by atoms with Crippen LogP contribution in [0.2, 0.25) is 0 Å². The fourth-order valence-corrected chi connectivity index (χ4v) is 2.34. The number of aliphatic carboxylic acids is 1. The number of rotatable bonds is 6. The number of ether oxygens (including phenoxy) is 1. The van der Waals surface area contributed by atoms with Crippen LogP contribution in [0.3, 0.4) is 0 Å². The molecule has 6 nitrogen and oxygen atoms in total. The molecule has 3 N–H and O–H groups in total. The van der Waals surface area contributed by atoms with Gasteiger partial charge in [-0.3, -0.25) is 9.59 Å². The lowest BCUT2D eigenvalue weighted by Crippen LogP contribution is -2.23. The number of hydrogen-bond donors (Lipinski definition) is 3. The number of carboxylic acids is 1. The van der Waals surface area contributed by atoms with Crippen molar-refractivity contribution in [3.05, 3.63) is 35.4 Å². The van der Waals surface area contributed by atoms with Gasteiger partial charge in [-0.1, -0.05) is 24.3 Å². The number of esters is 1. The molecule has 0 radical (unpaired) electrons. The van der Waals surface area contributed by atoms with Crippen LogP contribution >= 0.6 is 0 Å². The number of carbonyl (C=O) groups excluding carboxylic acids is 1. The van der Waals surface area contributed by atoms with Crippen molar-refractivity contribution in [2.45, 2.75) is 36.9 Å². The first-order valence-electron chi connectivity index (χ1n) is 6.67. The first-order valence-corrected chi connectivity index (χ1v) is 6.67. The molecular formula is C15H18O6. The van der Waals surface area contributed by atoms with E-state index >= 15 is 0 Å². The molecular weight excluding hydrogens is 276 g/mol. The van der Waals surface area contributed by atoms with Gasteiger partial charge in [-0.25, -0.2) is 0 Å². The molecule has 1 aliphatic carbocycles. The van der Waals surface area contributed by atoms with Gasteiger partial charge in [0, 0.05) is 0 Å². The van der Waals surface area contributed by atoms with E-state index < -0.39 is 29.6 Å². The molecule has 1 aliphatic rings. The summed E-state index contributed by atoms with van der Waals surface area (Å²) in [6, 6.07) is 6.43. The predicted octanol–water partition coefficient (Wildman–Crippen LogP) is 0.760. The Balaban J connectivity index is 2.08. The van der Waals surface area contributed by atoms with Crippen molar-refractivity contribution in [3.63, 3.8) is 0 Å². The summed E-state index contributed by atoms with van der Waals surface area (Å²) in [6.07, 6.45) is -1.58. The lowest BCUT2D eigenvalue weighted by Gasteiger charge is -2.18. The Bertz CT molecular complexity index is 532. The van der Waals surface area contributed by atoms with E-state index in [9.17, 15) is 24.9 Å². The Kier molecular flexibility index (Phi) is 4.29. The predicted molar refractivity (Wildman–Crippen MR) is 72.6 cm³/mol. The van der Waals surface area contributed by atoms with E-state index in [1.807, 2.05) is 0 Å². The third kappa shape index (κ3) is 3.06. The van der Waals surface area contributed by atoms with Crippen LogP contribution in [-0.4, -0.2) is 40.5 Å². The monoisotopic (exact) mass is 294 g/mol. The minimum absolute atomic E-state index is 0.307. The van der Waals surface area contributed by atoms with E-state index in [0.29, 0.717) is 24.0 Å². The molecule has 2 rings (SSSR count). The molecule has 0 amide bonds. The van der Waals surface area contributed by atoms with Crippen molar-refractivity contribution >= 4 is 11.9 Å². The number of benzene rings is 1. The Morgan fingerprint density at radius 1 is 1.24 bits per heavy atom. The molecule has 1 aromatic carbocycles. The summed E-state index contributed by atoms with van der Waals surface area (Å²) in [7, 11) is 1.21. The number of methoxy groups -OCH3 is 1. The molecule has 0 heterocycles. The van der Waals surface area contributed by atoms with Gasteiger partial charge < -0.3 is 20.1 Å². The smallest absolute Gasteiger partial charge is 0.314 e. The van der Waals surface area contributed by atoms with Gasteiger partial charge in [-0.05, 0) is 24.0 Å². The molecule has 6 heteroatoms. The van der Waals surface area contributed by atoms with Crippen molar-refractivity contribution in [2.24, 2.45) is 0 Å². The van der Waals surface area contributed by atoms with Crippen LogP contribution in [0.15, 0.2) is 24.3 Å². The lowest BCUT2D eigenvalue weighted by atomic mass is 9.93. The zero-order valence-corrected chi connectivity index (χ0v) is 11.7. The van der Waals surface area contributed by atoms with Crippen molar-refractivity contribution in [1.29, 1.82) is 0 Å². The van der Waals surface area contributed by atoms with E-state index in [1.165, 1.54) is 7.11 Å². The maximum absolute atomic E-state index is 11.2. The van der Waals surface area contributed by atoms with Gasteiger partial charge in [0.2, 0.25) is 0 Å². The van der Waals surface area contributed by atoms with Gasteiger partial charge in [-0.15, -0.1) is 0 Å². The quantitative estimate of drug-likeness (QED) is 0.669. The summed E-state index contributed by atoms with van der Waals surface area (Å²) >= 11 is 0. The van der Waals surface area contributed by atoms with Gasteiger partial charge in [0.25, 0.3) is 0 Å². The maximum Gasteiger partial charge on any atom is 0.314 e. The molecule has 0 saturated heterocycles. The number of hydrogen-bond acceptors (Lipinski definition) is 5. The number of carbonyl (C=O) groups is 2. The normalized spacial score (nSPS) is 18.6. The van der Waals surface area contributed by atoms with Crippen LogP contribution in [0.5, 0.6) is 0 Å². The van der Waals surface area contributed by atoms with E-state index in [1.54, 1.807) is 24.3 Å². The molecule has 0 aromatic heterocycles. The average Bonchev–Trinajstić information content (AvgIpc) is 3.28. The van der Waals surface area contributed by atoms with E-state index in [0.717, 1.165) is 0 Å². The van der Waals surface area contributed by atoms with Gasteiger partial charge in [0.1, 0.15) is 6.10 Å². The highest BCUT2D eigenvalue weighted by Gasteiger charge is 2.51. The Labute approximate surface area is 122 Å². The molecule has 114 valence electrons. The van der Waals surface area contributed by atoms with Crippen molar-refractivity contribution < 1.29 is 29.6 Å². The van der Waals surface area contributed by atoms with Crippen molar-refractivity contribution in [2.75, 3.05) is 7.11 Å². The summed E-state index contributed by atoms with van der Waals surface area (Å²) in [5.41, 5.74) is 0.318. The second-order valence-electron chi connectivity index (χ2n) is 5.30. The summed E-state index contributed by atoms with van der Waals surface area (Å²) in [5, 5.41) is 28.9. The third-order valence-corrected chi connectivity index (χ3v) is 3.93. The largest absolute Gasteiger partial charge is 0.481 e. The highest BCUT2D eigenvalue weighted by molar-refractivity contribution is 5.84. The standard InChI is InChI=1S/C15H18O6/c1-21-12(17)8-11(16)13(18)9-2-4-10(5-3-9)15(6-7-15)14(19)20/h2-5,11,13,16,18H,6-8H2,1H3,(H,19,20). The summed E-state index contributed by atoms with van der Waals surface area (Å²) in [6.45, 7) is 0. The maximum atomic E-state index is 11.2. The van der Waals surface area contributed by atoms with Crippen molar-refractivity contribution in [3.8, 4) is 0 Å². The first-order chi connectivity index (χ1) is 9.90. The fraction of sp³-hybridized carbons (Fsp3) is 0.467. The highest BCUT2D eigenvalue weighted by atomic mass is 16.5. The number of aliphatic hydroxyl groups excluding tert-OH is 2. The first kappa shape index (κ1) is 15.5. The Hall–Kier alpha value is -1.92. The second kappa shape index (κ2) is 5.83. The molecule has 0 aliphatic heterocycles. The average molecular weight is 294 g/mol. The zero-order valence-electron chi connectivity index (χ0n) is 11.7. The van der Waals surface area contributed by atoms with E-state index in [-0.39, 0.29) is 6.42 Å². The SMILES string of the molecule is COC(=O)CC(O)C(O)c1ccc(C2(C(=O)O)CC2)cc1.